The summed E-state index contributed by atoms with van der Waals surface area (Å²) in [5.41, 5.74) is 0.549. The lowest BCUT2D eigenvalue weighted by atomic mass is 10.3. The molecule has 0 aliphatic carbocycles. The van der Waals surface area contributed by atoms with Crippen molar-refractivity contribution in [1.29, 1.82) is 0 Å². The monoisotopic (exact) mass is 293 g/mol. The predicted octanol–water partition coefficient (Wildman–Crippen LogP) is 2.22. The number of amides is 1. The zero-order chi connectivity index (χ0) is 15.9. The minimum atomic E-state index is -0.594. The van der Waals surface area contributed by atoms with Crippen molar-refractivity contribution in [2.24, 2.45) is 0 Å². The lowest BCUT2D eigenvalue weighted by Gasteiger charge is -2.08. The van der Waals surface area contributed by atoms with Crippen LogP contribution in [0.15, 0.2) is 84.5 Å². The van der Waals surface area contributed by atoms with E-state index in [1.54, 1.807) is 6.08 Å². The Hall–Kier alpha value is -3.21. The molecule has 0 unspecified atom stereocenters. The quantitative estimate of drug-likeness (QED) is 0.860. The molecule has 2 aromatic rings. The van der Waals surface area contributed by atoms with Crippen LogP contribution in [0.5, 0.6) is 0 Å². The third kappa shape index (κ3) is 3.46. The van der Waals surface area contributed by atoms with Gasteiger partial charge in [-0.3, -0.25) is 9.59 Å². The smallest absolute Gasteiger partial charge is 0.280 e. The number of carbonyl (C=O) groups excluding carboxylic acids is 1. The summed E-state index contributed by atoms with van der Waals surface area (Å²) in [6, 6.07) is 10.5. The third-order valence-corrected chi connectivity index (χ3v) is 2.82. The van der Waals surface area contributed by atoms with E-state index in [1.165, 1.54) is 29.1 Å². The van der Waals surface area contributed by atoms with E-state index >= 15 is 0 Å². The van der Waals surface area contributed by atoms with Crippen LogP contribution in [-0.2, 0) is 0 Å². The molecule has 0 bridgehead atoms. The molecule has 1 aromatic carbocycles. The number of aromatic nitrogens is 2. The molecular weight excluding hydrogens is 278 g/mol. The van der Waals surface area contributed by atoms with Crippen LogP contribution in [0.25, 0.3) is 5.69 Å². The Morgan fingerprint density at radius 2 is 1.91 bits per heavy atom. The minimum Gasteiger partial charge on any atom is -0.320 e. The molecule has 1 heterocycles. The van der Waals surface area contributed by atoms with E-state index < -0.39 is 11.3 Å². The van der Waals surface area contributed by atoms with Crippen molar-refractivity contribution in [2.45, 2.75) is 0 Å². The fraction of sp³-hybridized carbons (Fsp3) is 0. The van der Waals surface area contributed by atoms with E-state index in [2.05, 4.69) is 23.6 Å². The molecule has 0 saturated heterocycles. The van der Waals surface area contributed by atoms with Crippen LogP contribution in [0.4, 0.5) is 0 Å². The van der Waals surface area contributed by atoms with Gasteiger partial charge in [0.2, 0.25) is 5.43 Å². The van der Waals surface area contributed by atoms with Gasteiger partial charge in [-0.15, -0.1) is 0 Å². The summed E-state index contributed by atoms with van der Waals surface area (Å²) in [5, 5.41) is 6.66. The summed E-state index contributed by atoms with van der Waals surface area (Å²) in [7, 11) is 0. The van der Waals surface area contributed by atoms with E-state index in [0.29, 0.717) is 5.70 Å². The topological polar surface area (TPSA) is 64.0 Å². The average Bonchev–Trinajstić information content (AvgIpc) is 2.55. The van der Waals surface area contributed by atoms with Crippen molar-refractivity contribution in [3.8, 4) is 5.69 Å². The average molecular weight is 293 g/mol. The molecule has 0 aliphatic heterocycles. The Bertz CT molecular complexity index is 789. The van der Waals surface area contributed by atoms with Crippen LogP contribution < -0.4 is 10.7 Å². The number of allylic oxidation sites excluding steroid dienone is 3. The molecule has 0 atom stereocenters. The van der Waals surface area contributed by atoms with Crippen LogP contribution in [0.3, 0.4) is 0 Å². The molecule has 1 amide bonds. The molecule has 0 radical (unpaired) electrons. The summed E-state index contributed by atoms with van der Waals surface area (Å²) in [6.45, 7) is 7.12. The summed E-state index contributed by atoms with van der Waals surface area (Å²) in [4.78, 5) is 24.1. The molecule has 1 aromatic heterocycles. The van der Waals surface area contributed by atoms with Gasteiger partial charge in [-0.2, -0.15) is 5.10 Å². The highest BCUT2D eigenvalue weighted by molar-refractivity contribution is 5.93. The second-order valence-electron chi connectivity index (χ2n) is 4.32. The van der Waals surface area contributed by atoms with E-state index in [4.69, 9.17) is 0 Å². The maximum absolute atomic E-state index is 12.2. The first-order valence-corrected chi connectivity index (χ1v) is 6.57. The second-order valence-corrected chi connectivity index (χ2v) is 4.32. The molecule has 110 valence electrons. The third-order valence-electron chi connectivity index (χ3n) is 2.82. The molecule has 0 spiro atoms. The second kappa shape index (κ2) is 6.99. The zero-order valence-corrected chi connectivity index (χ0v) is 11.9. The number of para-hydroxylation sites is 1. The van der Waals surface area contributed by atoms with Gasteiger partial charge in [0.1, 0.15) is 0 Å². The van der Waals surface area contributed by atoms with Crippen molar-refractivity contribution < 1.29 is 4.79 Å². The molecular formula is C17H15N3O2. The number of carbonyl (C=O) groups is 1. The van der Waals surface area contributed by atoms with Crippen LogP contribution in [-0.4, -0.2) is 15.7 Å². The van der Waals surface area contributed by atoms with E-state index in [0.717, 1.165) is 5.69 Å². The standard InChI is InChI=1S/C17H15N3O2/c1-3-8-13(4-2)18-17(22)16-15(21)11-12-20(19-16)14-9-6-5-7-10-14/h3-12H,1-2H2,(H,18,22)/b13-8+. The summed E-state index contributed by atoms with van der Waals surface area (Å²) < 4.78 is 1.47. The largest absolute Gasteiger partial charge is 0.320 e. The van der Waals surface area contributed by atoms with Crippen molar-refractivity contribution in [2.75, 3.05) is 0 Å². The fourth-order valence-electron chi connectivity index (χ4n) is 1.77. The molecule has 5 heteroatoms. The highest BCUT2D eigenvalue weighted by atomic mass is 16.2. The molecule has 2 rings (SSSR count). The number of rotatable bonds is 5. The summed E-state index contributed by atoms with van der Waals surface area (Å²) in [5.74, 6) is -0.594. The summed E-state index contributed by atoms with van der Waals surface area (Å²) >= 11 is 0. The van der Waals surface area contributed by atoms with Gasteiger partial charge >= 0.3 is 0 Å². The maximum atomic E-state index is 12.2. The molecule has 5 nitrogen and oxygen atoms in total. The first-order valence-electron chi connectivity index (χ1n) is 6.57. The number of benzene rings is 1. The van der Waals surface area contributed by atoms with Crippen LogP contribution in [0, 0.1) is 0 Å². The Labute approximate surface area is 127 Å². The van der Waals surface area contributed by atoms with E-state index in [9.17, 15) is 9.59 Å². The number of hydrogen-bond donors (Lipinski definition) is 1. The zero-order valence-electron chi connectivity index (χ0n) is 11.9. The Morgan fingerprint density at radius 1 is 1.18 bits per heavy atom. The van der Waals surface area contributed by atoms with Crippen molar-refractivity contribution in [1.82, 2.24) is 15.1 Å². The van der Waals surface area contributed by atoms with Gasteiger partial charge in [-0.05, 0) is 24.3 Å². The molecule has 0 fully saturated rings. The van der Waals surface area contributed by atoms with Gasteiger partial charge in [-0.1, -0.05) is 37.4 Å². The van der Waals surface area contributed by atoms with Gasteiger partial charge in [0.15, 0.2) is 5.69 Å². The normalized spacial score (nSPS) is 10.8. The van der Waals surface area contributed by atoms with E-state index in [1.807, 2.05) is 30.3 Å². The van der Waals surface area contributed by atoms with Crippen molar-refractivity contribution in [3.63, 3.8) is 0 Å². The molecule has 1 N–H and O–H groups in total. The fourth-order valence-corrected chi connectivity index (χ4v) is 1.77. The predicted molar refractivity (Wildman–Crippen MR) is 85.8 cm³/mol. The Kier molecular flexibility index (Phi) is 4.82. The van der Waals surface area contributed by atoms with E-state index in [-0.39, 0.29) is 5.69 Å². The first kappa shape index (κ1) is 15.2. The van der Waals surface area contributed by atoms with Crippen molar-refractivity contribution in [3.05, 3.63) is 95.6 Å². The van der Waals surface area contributed by atoms with Gasteiger partial charge in [0, 0.05) is 18.0 Å². The van der Waals surface area contributed by atoms with Gasteiger partial charge in [0.25, 0.3) is 5.91 Å². The summed E-state index contributed by atoms with van der Waals surface area (Å²) in [6.07, 6.45) is 6.06. The number of hydrogen-bond acceptors (Lipinski definition) is 3. The molecule has 0 saturated carbocycles. The number of nitrogens with zero attached hydrogens (tertiary/aromatic N) is 2. The Morgan fingerprint density at radius 3 is 2.55 bits per heavy atom. The maximum Gasteiger partial charge on any atom is 0.280 e. The molecule has 0 aliphatic rings. The highest BCUT2D eigenvalue weighted by Gasteiger charge is 2.13. The highest BCUT2D eigenvalue weighted by Crippen LogP contribution is 2.04. The van der Waals surface area contributed by atoms with Gasteiger partial charge in [0.05, 0.1) is 5.69 Å². The lowest BCUT2D eigenvalue weighted by molar-refractivity contribution is 0.0959. The van der Waals surface area contributed by atoms with Gasteiger partial charge < -0.3 is 5.32 Å². The first-order chi connectivity index (χ1) is 10.7. The van der Waals surface area contributed by atoms with Crippen LogP contribution in [0.1, 0.15) is 10.5 Å². The molecule has 22 heavy (non-hydrogen) atoms. The van der Waals surface area contributed by atoms with Crippen LogP contribution >= 0.6 is 0 Å². The van der Waals surface area contributed by atoms with Gasteiger partial charge in [-0.25, -0.2) is 4.68 Å². The minimum absolute atomic E-state index is 0.192. The Balaban J connectivity index is 2.37. The lowest BCUT2D eigenvalue weighted by Crippen LogP contribution is -2.30. The van der Waals surface area contributed by atoms with Crippen LogP contribution in [0.2, 0.25) is 0 Å². The SMILES string of the molecule is C=C/C=C(\C=C)NC(=O)c1nn(-c2ccccc2)ccc1=O. The van der Waals surface area contributed by atoms with Crippen molar-refractivity contribution >= 4 is 5.91 Å². The number of nitrogens with one attached hydrogen (secondary N) is 1.